The summed E-state index contributed by atoms with van der Waals surface area (Å²) in [7, 11) is 2.08. The van der Waals surface area contributed by atoms with Crippen molar-refractivity contribution in [2.24, 2.45) is 0 Å². The number of hydrogen-bond acceptors (Lipinski definition) is 7. The molecule has 1 aliphatic rings. The molecule has 2 aromatic rings. The predicted molar refractivity (Wildman–Crippen MR) is 88.7 cm³/mol. The van der Waals surface area contributed by atoms with E-state index in [0.29, 0.717) is 17.9 Å². The lowest BCUT2D eigenvalue weighted by Gasteiger charge is -2.36. The first kappa shape index (κ1) is 15.7. The highest BCUT2D eigenvalue weighted by Gasteiger charge is 2.28. The van der Waals surface area contributed by atoms with Crippen molar-refractivity contribution in [3.05, 3.63) is 24.2 Å². The second kappa shape index (κ2) is 6.14. The lowest BCUT2D eigenvalue weighted by Crippen LogP contribution is -2.44. The molecule has 0 spiro atoms. The molecule has 0 atom stereocenters. The fourth-order valence-electron chi connectivity index (χ4n) is 2.77. The molecule has 0 radical (unpaired) electrons. The Bertz CT molecular complexity index is 628. The Hall–Kier alpha value is -2.18. The Balaban J connectivity index is 1.61. The van der Waals surface area contributed by atoms with E-state index in [1.807, 2.05) is 12.1 Å². The minimum Gasteiger partial charge on any atom is -0.355 e. The van der Waals surface area contributed by atoms with Crippen molar-refractivity contribution < 1.29 is 4.52 Å². The molecule has 0 bridgehead atoms. The van der Waals surface area contributed by atoms with E-state index in [1.54, 1.807) is 6.20 Å². The van der Waals surface area contributed by atoms with E-state index >= 15 is 0 Å². The second-order valence-electron chi connectivity index (χ2n) is 7.06. The van der Waals surface area contributed by atoms with Crippen LogP contribution in [0.15, 0.2) is 22.9 Å². The van der Waals surface area contributed by atoms with Crippen LogP contribution >= 0.6 is 0 Å². The molecule has 2 aromatic heterocycles. The summed E-state index contributed by atoms with van der Waals surface area (Å²) in [5.41, 5.74) is -0.115. The first-order chi connectivity index (χ1) is 10.9. The van der Waals surface area contributed by atoms with Crippen LogP contribution in [0.25, 0.3) is 0 Å². The van der Waals surface area contributed by atoms with E-state index in [1.165, 1.54) is 0 Å². The minimum absolute atomic E-state index is 0.115. The number of anilines is 2. The Morgan fingerprint density at radius 2 is 2.00 bits per heavy atom. The van der Waals surface area contributed by atoms with Crippen LogP contribution in [-0.2, 0) is 5.41 Å². The number of rotatable bonds is 3. The molecule has 0 saturated carbocycles. The average Bonchev–Trinajstić information content (AvgIpc) is 3.05. The van der Waals surface area contributed by atoms with Gasteiger partial charge >= 0.3 is 0 Å². The average molecular weight is 316 g/mol. The van der Waals surface area contributed by atoms with Crippen molar-refractivity contribution in [3.63, 3.8) is 0 Å². The highest BCUT2D eigenvalue weighted by atomic mass is 16.5. The lowest BCUT2D eigenvalue weighted by atomic mass is 9.97. The molecular formula is C16H24N6O. The van der Waals surface area contributed by atoms with E-state index in [0.717, 1.165) is 31.7 Å². The number of piperidine rings is 1. The van der Waals surface area contributed by atoms with E-state index in [4.69, 9.17) is 4.52 Å². The van der Waals surface area contributed by atoms with Gasteiger partial charge in [-0.25, -0.2) is 0 Å². The quantitative estimate of drug-likeness (QED) is 0.860. The minimum atomic E-state index is -0.115. The standard InChI is InChI=1S/C16H24N6O/c1-16(2,3)14-18-15(20-23-14)22-10-7-12(8-11-22)21(4)13-6-5-9-17-19-13/h5-6,9,12H,7-8,10-11H2,1-4H3. The molecule has 3 rings (SSSR count). The molecule has 7 heteroatoms. The van der Waals surface area contributed by atoms with Gasteiger partial charge in [-0.1, -0.05) is 20.8 Å². The maximum absolute atomic E-state index is 5.39. The van der Waals surface area contributed by atoms with Crippen molar-refractivity contribution >= 4 is 11.8 Å². The third-order valence-electron chi connectivity index (χ3n) is 4.27. The topological polar surface area (TPSA) is 71.2 Å². The van der Waals surface area contributed by atoms with Crippen molar-refractivity contribution in [2.75, 3.05) is 29.9 Å². The third kappa shape index (κ3) is 3.43. The number of hydrogen-bond donors (Lipinski definition) is 0. The van der Waals surface area contributed by atoms with Gasteiger partial charge in [-0.2, -0.15) is 10.1 Å². The van der Waals surface area contributed by atoms with Gasteiger partial charge in [-0.15, -0.1) is 5.10 Å². The maximum Gasteiger partial charge on any atom is 0.266 e. The Morgan fingerprint density at radius 1 is 1.26 bits per heavy atom. The molecule has 0 amide bonds. The zero-order valence-corrected chi connectivity index (χ0v) is 14.2. The summed E-state index contributed by atoms with van der Waals surface area (Å²) in [6, 6.07) is 4.37. The first-order valence-electron chi connectivity index (χ1n) is 8.05. The van der Waals surface area contributed by atoms with Crippen LogP contribution in [-0.4, -0.2) is 46.5 Å². The third-order valence-corrected chi connectivity index (χ3v) is 4.27. The molecular weight excluding hydrogens is 292 g/mol. The smallest absolute Gasteiger partial charge is 0.266 e. The highest BCUT2D eigenvalue weighted by Crippen LogP contribution is 2.25. The first-order valence-corrected chi connectivity index (χ1v) is 8.05. The molecule has 1 fully saturated rings. The summed E-state index contributed by atoms with van der Waals surface area (Å²) in [4.78, 5) is 8.95. The summed E-state index contributed by atoms with van der Waals surface area (Å²) in [5.74, 6) is 2.31. The van der Waals surface area contributed by atoms with Gasteiger partial charge in [0.25, 0.3) is 5.95 Å². The van der Waals surface area contributed by atoms with Gasteiger partial charge in [-0.3, -0.25) is 0 Å². The van der Waals surface area contributed by atoms with Gasteiger partial charge < -0.3 is 14.3 Å². The summed E-state index contributed by atoms with van der Waals surface area (Å²) in [6.45, 7) is 8.06. The number of aromatic nitrogens is 4. The van der Waals surface area contributed by atoms with Gasteiger partial charge in [0.1, 0.15) is 0 Å². The van der Waals surface area contributed by atoms with Crippen LogP contribution < -0.4 is 9.80 Å². The summed E-state index contributed by atoms with van der Waals surface area (Å²) in [6.07, 6.45) is 3.77. The summed E-state index contributed by atoms with van der Waals surface area (Å²) in [5, 5.41) is 12.3. The van der Waals surface area contributed by atoms with Gasteiger partial charge in [-0.05, 0) is 30.1 Å². The van der Waals surface area contributed by atoms with E-state index < -0.39 is 0 Å². The van der Waals surface area contributed by atoms with Gasteiger partial charge in [0.2, 0.25) is 5.89 Å². The van der Waals surface area contributed by atoms with Crippen LogP contribution in [0.3, 0.4) is 0 Å². The zero-order chi connectivity index (χ0) is 16.4. The van der Waals surface area contributed by atoms with Gasteiger partial charge in [0.15, 0.2) is 5.82 Å². The van der Waals surface area contributed by atoms with Crippen molar-refractivity contribution in [2.45, 2.75) is 45.1 Å². The summed E-state index contributed by atoms with van der Waals surface area (Å²) < 4.78 is 5.39. The fraction of sp³-hybridized carbons (Fsp3) is 0.625. The maximum atomic E-state index is 5.39. The molecule has 0 aromatic carbocycles. The highest BCUT2D eigenvalue weighted by molar-refractivity contribution is 5.38. The Morgan fingerprint density at radius 3 is 2.57 bits per heavy atom. The monoisotopic (exact) mass is 316 g/mol. The fourth-order valence-corrected chi connectivity index (χ4v) is 2.77. The van der Waals surface area contributed by atoms with Gasteiger partial charge in [0, 0.05) is 37.8 Å². The van der Waals surface area contributed by atoms with Crippen molar-refractivity contribution in [3.8, 4) is 0 Å². The van der Waals surface area contributed by atoms with Crippen molar-refractivity contribution in [1.82, 2.24) is 20.3 Å². The molecule has 3 heterocycles. The SMILES string of the molecule is CN(c1cccnn1)C1CCN(c2noc(C(C)(C)C)n2)CC1. The molecule has 7 nitrogen and oxygen atoms in total. The molecule has 0 unspecified atom stereocenters. The van der Waals surface area contributed by atoms with E-state index in [-0.39, 0.29) is 5.41 Å². The normalized spacial score (nSPS) is 16.6. The van der Waals surface area contributed by atoms with Gasteiger partial charge in [0.05, 0.1) is 0 Å². The van der Waals surface area contributed by atoms with Crippen LogP contribution in [0, 0.1) is 0 Å². The molecule has 0 N–H and O–H groups in total. The predicted octanol–water partition coefficient (Wildman–Crippen LogP) is 2.26. The van der Waals surface area contributed by atoms with Crippen LogP contribution in [0.5, 0.6) is 0 Å². The molecule has 23 heavy (non-hydrogen) atoms. The second-order valence-corrected chi connectivity index (χ2v) is 7.06. The van der Waals surface area contributed by atoms with Crippen LogP contribution in [0.1, 0.15) is 39.5 Å². The molecule has 1 aliphatic heterocycles. The van der Waals surface area contributed by atoms with Crippen LogP contribution in [0.4, 0.5) is 11.8 Å². The summed E-state index contributed by atoms with van der Waals surface area (Å²) >= 11 is 0. The lowest BCUT2D eigenvalue weighted by molar-refractivity contribution is 0.320. The number of nitrogens with zero attached hydrogens (tertiary/aromatic N) is 6. The largest absolute Gasteiger partial charge is 0.355 e. The van der Waals surface area contributed by atoms with E-state index in [9.17, 15) is 0 Å². The van der Waals surface area contributed by atoms with E-state index in [2.05, 4.69) is 58.0 Å². The molecule has 124 valence electrons. The van der Waals surface area contributed by atoms with Crippen molar-refractivity contribution in [1.29, 1.82) is 0 Å². The molecule has 1 saturated heterocycles. The molecule has 0 aliphatic carbocycles. The van der Waals surface area contributed by atoms with Crippen LogP contribution in [0.2, 0.25) is 0 Å². The Labute approximate surface area is 136 Å². The zero-order valence-electron chi connectivity index (χ0n) is 14.2. The Kier molecular flexibility index (Phi) is 4.19.